The Morgan fingerprint density at radius 1 is 1.15 bits per heavy atom. The van der Waals surface area contributed by atoms with Crippen LogP contribution < -0.4 is 0 Å². The number of carbonyl (C=O) groups is 1. The van der Waals surface area contributed by atoms with Crippen LogP contribution in [0.25, 0.3) is 0 Å². The Labute approximate surface area is 122 Å². The minimum atomic E-state index is 0.251. The number of piperidine rings is 1. The normalized spacial score (nSPS) is 29.6. The summed E-state index contributed by atoms with van der Waals surface area (Å²) in [5.41, 5.74) is 2.26. The lowest BCUT2D eigenvalue weighted by Gasteiger charge is -2.35. The molecule has 0 aromatic heterocycles. The van der Waals surface area contributed by atoms with Crippen LogP contribution in [0.2, 0.25) is 0 Å². The van der Waals surface area contributed by atoms with Crippen LogP contribution in [0.5, 0.6) is 0 Å². The van der Waals surface area contributed by atoms with Gasteiger partial charge in [-0.3, -0.25) is 4.79 Å². The fourth-order valence-corrected chi connectivity index (χ4v) is 3.99. The molecule has 0 radical (unpaired) electrons. The van der Waals surface area contributed by atoms with Crippen LogP contribution in [-0.4, -0.2) is 29.8 Å². The van der Waals surface area contributed by atoms with Gasteiger partial charge < -0.3 is 4.90 Å². The van der Waals surface area contributed by atoms with E-state index < -0.39 is 0 Å². The first-order chi connectivity index (χ1) is 9.69. The summed E-state index contributed by atoms with van der Waals surface area (Å²) in [5, 5.41) is 0. The molecule has 108 valence electrons. The molecule has 1 aromatic carbocycles. The molecular formula is C18H25NO. The zero-order chi connectivity index (χ0) is 14.1. The minimum absolute atomic E-state index is 0.251. The number of Topliss-reactive ketones (excluding diaryl/α,β-unsaturated/α-hetero) is 1. The van der Waals surface area contributed by atoms with Crippen LogP contribution in [0.4, 0.5) is 0 Å². The number of rotatable bonds is 4. The van der Waals surface area contributed by atoms with Gasteiger partial charge in [0.15, 0.2) is 5.78 Å². The van der Waals surface area contributed by atoms with Gasteiger partial charge in [0.25, 0.3) is 0 Å². The number of benzene rings is 1. The van der Waals surface area contributed by atoms with Gasteiger partial charge >= 0.3 is 0 Å². The summed E-state index contributed by atoms with van der Waals surface area (Å²) in [4.78, 5) is 15.2. The van der Waals surface area contributed by atoms with E-state index in [2.05, 4.69) is 31.0 Å². The van der Waals surface area contributed by atoms with Crippen molar-refractivity contribution in [2.45, 2.75) is 57.5 Å². The van der Waals surface area contributed by atoms with Crippen LogP contribution in [0.3, 0.4) is 0 Å². The molecule has 20 heavy (non-hydrogen) atoms. The third-order valence-electron chi connectivity index (χ3n) is 5.25. The van der Waals surface area contributed by atoms with Crippen molar-refractivity contribution in [3.63, 3.8) is 0 Å². The Bertz CT molecular complexity index is 465. The fourth-order valence-electron chi connectivity index (χ4n) is 3.99. The van der Waals surface area contributed by atoms with Crippen LogP contribution in [0.1, 0.15) is 54.9 Å². The van der Waals surface area contributed by atoms with Crippen molar-refractivity contribution in [2.75, 3.05) is 7.05 Å². The predicted molar refractivity (Wildman–Crippen MR) is 82.1 cm³/mol. The number of carbonyl (C=O) groups excluding carboxylic acids is 1. The predicted octanol–water partition coefficient (Wildman–Crippen LogP) is 3.69. The maximum atomic E-state index is 12.7. The van der Waals surface area contributed by atoms with Crippen molar-refractivity contribution in [3.8, 4) is 0 Å². The van der Waals surface area contributed by atoms with Crippen molar-refractivity contribution >= 4 is 5.78 Å². The molecule has 2 atom stereocenters. The molecule has 0 N–H and O–H groups in total. The number of hydrogen-bond acceptors (Lipinski definition) is 2. The lowest BCUT2D eigenvalue weighted by atomic mass is 9.85. The molecule has 0 spiro atoms. The summed E-state index contributed by atoms with van der Waals surface area (Å²) in [6.07, 6.45) is 6.93. The molecule has 2 saturated heterocycles. The molecule has 2 aliphatic rings. The molecule has 2 nitrogen and oxygen atoms in total. The molecule has 2 heterocycles. The summed E-state index contributed by atoms with van der Waals surface area (Å²) in [5.74, 6) is 0.624. The molecule has 2 unspecified atom stereocenters. The lowest BCUT2D eigenvalue weighted by Crippen LogP contribution is -2.42. The lowest BCUT2D eigenvalue weighted by molar-refractivity contribution is 0.0767. The highest BCUT2D eigenvalue weighted by Crippen LogP contribution is 2.38. The van der Waals surface area contributed by atoms with Crippen molar-refractivity contribution in [1.29, 1.82) is 0 Å². The summed E-state index contributed by atoms with van der Waals surface area (Å²) >= 11 is 0. The van der Waals surface area contributed by atoms with Crippen LogP contribution >= 0.6 is 0 Å². The summed E-state index contributed by atoms with van der Waals surface area (Å²) in [7, 11) is 2.22. The van der Waals surface area contributed by atoms with E-state index in [1.807, 2.05) is 12.1 Å². The molecule has 0 amide bonds. The Hall–Kier alpha value is -1.15. The number of nitrogens with zero attached hydrogens (tertiary/aromatic N) is 1. The van der Waals surface area contributed by atoms with E-state index >= 15 is 0 Å². The third-order valence-corrected chi connectivity index (χ3v) is 5.25. The van der Waals surface area contributed by atoms with E-state index in [0.29, 0.717) is 17.9 Å². The summed E-state index contributed by atoms with van der Waals surface area (Å²) in [6, 6.07) is 9.60. The van der Waals surface area contributed by atoms with Gasteiger partial charge in [0.1, 0.15) is 0 Å². The zero-order valence-corrected chi connectivity index (χ0v) is 12.6. The van der Waals surface area contributed by atoms with E-state index in [4.69, 9.17) is 0 Å². The Morgan fingerprint density at radius 2 is 1.75 bits per heavy atom. The van der Waals surface area contributed by atoms with Gasteiger partial charge in [-0.15, -0.1) is 0 Å². The number of fused-ring (bicyclic) bond motifs is 2. The van der Waals surface area contributed by atoms with Crippen molar-refractivity contribution < 1.29 is 4.79 Å². The highest BCUT2D eigenvalue weighted by Gasteiger charge is 2.40. The van der Waals surface area contributed by atoms with Crippen LogP contribution in [-0.2, 0) is 6.42 Å². The van der Waals surface area contributed by atoms with Crippen LogP contribution in [0.15, 0.2) is 24.3 Å². The number of aryl methyl sites for hydroxylation is 1. The minimum Gasteiger partial charge on any atom is -0.300 e. The van der Waals surface area contributed by atoms with Crippen molar-refractivity contribution in [1.82, 2.24) is 4.90 Å². The van der Waals surface area contributed by atoms with Crippen LogP contribution in [0, 0.1) is 5.92 Å². The van der Waals surface area contributed by atoms with Gasteiger partial charge in [0.2, 0.25) is 0 Å². The molecule has 3 rings (SSSR count). The first kappa shape index (κ1) is 13.8. The number of hydrogen-bond donors (Lipinski definition) is 0. The maximum Gasteiger partial charge on any atom is 0.166 e. The molecule has 2 fully saturated rings. The Morgan fingerprint density at radius 3 is 2.30 bits per heavy atom. The van der Waals surface area contributed by atoms with E-state index in [9.17, 15) is 4.79 Å². The van der Waals surface area contributed by atoms with E-state index in [0.717, 1.165) is 31.2 Å². The average Bonchev–Trinajstić information content (AvgIpc) is 2.68. The average molecular weight is 271 g/mol. The monoisotopic (exact) mass is 271 g/mol. The molecule has 1 aromatic rings. The summed E-state index contributed by atoms with van der Waals surface area (Å²) < 4.78 is 0. The number of ketones is 1. The highest BCUT2D eigenvalue weighted by atomic mass is 16.1. The molecule has 2 aliphatic heterocycles. The second-order valence-corrected chi connectivity index (χ2v) is 6.53. The molecule has 0 aliphatic carbocycles. The smallest absolute Gasteiger partial charge is 0.166 e. The van der Waals surface area contributed by atoms with E-state index in [-0.39, 0.29) is 5.92 Å². The third kappa shape index (κ3) is 2.54. The van der Waals surface area contributed by atoms with E-state index in [1.54, 1.807) is 0 Å². The largest absolute Gasteiger partial charge is 0.300 e. The van der Waals surface area contributed by atoms with Gasteiger partial charge in [-0.25, -0.2) is 0 Å². The van der Waals surface area contributed by atoms with Gasteiger partial charge in [-0.1, -0.05) is 37.6 Å². The quantitative estimate of drug-likeness (QED) is 0.778. The van der Waals surface area contributed by atoms with Gasteiger partial charge in [0, 0.05) is 23.6 Å². The fraction of sp³-hybridized carbons (Fsp3) is 0.611. The Kier molecular flexibility index (Phi) is 3.93. The molecule has 0 saturated carbocycles. The Balaban J connectivity index is 1.70. The molecular weight excluding hydrogens is 246 g/mol. The van der Waals surface area contributed by atoms with Gasteiger partial charge in [-0.2, -0.15) is 0 Å². The van der Waals surface area contributed by atoms with Crippen molar-refractivity contribution in [2.24, 2.45) is 5.92 Å². The first-order valence-corrected chi connectivity index (χ1v) is 8.04. The SMILES string of the molecule is CCCc1ccc(C(=O)C2CC3CCC(C2)N3C)cc1. The van der Waals surface area contributed by atoms with Gasteiger partial charge in [0.05, 0.1) is 0 Å². The second-order valence-electron chi connectivity index (χ2n) is 6.53. The van der Waals surface area contributed by atoms with Crippen molar-refractivity contribution in [3.05, 3.63) is 35.4 Å². The van der Waals surface area contributed by atoms with Gasteiger partial charge in [-0.05, 0) is 44.7 Å². The molecule has 2 bridgehead atoms. The topological polar surface area (TPSA) is 20.3 Å². The highest BCUT2D eigenvalue weighted by molar-refractivity contribution is 5.98. The summed E-state index contributed by atoms with van der Waals surface area (Å²) in [6.45, 7) is 2.19. The zero-order valence-electron chi connectivity index (χ0n) is 12.6. The van der Waals surface area contributed by atoms with E-state index in [1.165, 1.54) is 18.4 Å². The first-order valence-electron chi connectivity index (χ1n) is 8.04. The second kappa shape index (κ2) is 5.69. The standard InChI is InChI=1S/C18H25NO/c1-3-4-13-5-7-14(8-6-13)18(20)15-11-16-9-10-17(12-15)19(16)2/h5-8,15-17H,3-4,9-12H2,1-2H3. The maximum absolute atomic E-state index is 12.7. The molecule has 2 heteroatoms.